The van der Waals surface area contributed by atoms with E-state index in [4.69, 9.17) is 5.11 Å². The Bertz CT molecular complexity index is 535. The molecule has 0 fully saturated rings. The van der Waals surface area contributed by atoms with Gasteiger partial charge >= 0.3 is 12.0 Å². The minimum Gasteiger partial charge on any atom is -0.478 e. The van der Waals surface area contributed by atoms with Gasteiger partial charge in [0.15, 0.2) is 0 Å². The van der Waals surface area contributed by atoms with Crippen LogP contribution < -0.4 is 10.6 Å². The molecule has 0 saturated carbocycles. The largest absolute Gasteiger partial charge is 0.478 e. The van der Waals surface area contributed by atoms with Gasteiger partial charge in [0.25, 0.3) is 0 Å². The highest BCUT2D eigenvalue weighted by molar-refractivity contribution is 9.10. The smallest absolute Gasteiger partial charge is 0.336 e. The molecule has 0 heterocycles. The number of nitrogens with one attached hydrogen (secondary N) is 2. The van der Waals surface area contributed by atoms with E-state index in [0.29, 0.717) is 10.2 Å². The highest BCUT2D eigenvalue weighted by Crippen LogP contribution is 2.21. The van der Waals surface area contributed by atoms with E-state index in [2.05, 4.69) is 26.6 Å². The first-order valence-corrected chi connectivity index (χ1v) is 6.61. The van der Waals surface area contributed by atoms with Gasteiger partial charge in [-0.3, -0.25) is 0 Å². The molecule has 0 radical (unpaired) electrons. The molecule has 0 aliphatic heterocycles. The molecule has 1 aromatic carbocycles. The summed E-state index contributed by atoms with van der Waals surface area (Å²) in [6.07, 6.45) is 5.70. The Morgan fingerprint density at radius 1 is 1.26 bits per heavy atom. The highest BCUT2D eigenvalue weighted by Gasteiger charge is 2.14. The zero-order valence-corrected chi connectivity index (χ0v) is 11.6. The lowest BCUT2D eigenvalue weighted by Gasteiger charge is -2.13. The van der Waals surface area contributed by atoms with Crippen molar-refractivity contribution in [2.45, 2.75) is 18.9 Å². The van der Waals surface area contributed by atoms with Crippen molar-refractivity contribution in [1.29, 1.82) is 0 Å². The molecular formula is C13H13BrN2O3. The fourth-order valence-corrected chi connectivity index (χ4v) is 2.27. The van der Waals surface area contributed by atoms with Crippen LogP contribution in [-0.2, 0) is 0 Å². The Morgan fingerprint density at radius 3 is 2.58 bits per heavy atom. The Hall–Kier alpha value is -1.82. The maximum absolute atomic E-state index is 11.7. The van der Waals surface area contributed by atoms with Crippen molar-refractivity contribution >= 4 is 33.6 Å². The number of amides is 2. The van der Waals surface area contributed by atoms with Gasteiger partial charge in [-0.25, -0.2) is 9.59 Å². The third kappa shape index (κ3) is 3.57. The van der Waals surface area contributed by atoms with Gasteiger partial charge in [0.1, 0.15) is 0 Å². The van der Waals surface area contributed by atoms with Crippen molar-refractivity contribution < 1.29 is 14.7 Å². The molecule has 0 bridgehead atoms. The van der Waals surface area contributed by atoms with Gasteiger partial charge in [0, 0.05) is 16.2 Å². The van der Waals surface area contributed by atoms with Crippen LogP contribution in [0.2, 0.25) is 0 Å². The number of urea groups is 1. The summed E-state index contributed by atoms with van der Waals surface area (Å²) < 4.78 is 0.478. The molecule has 1 aliphatic rings. The van der Waals surface area contributed by atoms with Gasteiger partial charge in [-0.2, -0.15) is 0 Å². The maximum Gasteiger partial charge on any atom is 0.336 e. The molecule has 1 aromatic rings. The SMILES string of the molecule is O=C(Nc1ccc(Br)c(C(=O)O)c1)NC1CC=CC1. The molecule has 0 aromatic heterocycles. The fraction of sp³-hybridized carbons (Fsp3) is 0.231. The molecule has 0 saturated heterocycles. The Balaban J connectivity index is 2.00. The zero-order chi connectivity index (χ0) is 13.8. The molecule has 2 rings (SSSR count). The monoisotopic (exact) mass is 324 g/mol. The predicted molar refractivity (Wildman–Crippen MR) is 75.4 cm³/mol. The lowest BCUT2D eigenvalue weighted by molar-refractivity contribution is 0.0696. The lowest BCUT2D eigenvalue weighted by Crippen LogP contribution is -2.36. The van der Waals surface area contributed by atoms with Crippen molar-refractivity contribution in [1.82, 2.24) is 5.32 Å². The van der Waals surface area contributed by atoms with Crippen LogP contribution in [0.25, 0.3) is 0 Å². The number of hydrogen-bond acceptors (Lipinski definition) is 2. The van der Waals surface area contributed by atoms with Gasteiger partial charge in [0.05, 0.1) is 5.56 Å². The number of rotatable bonds is 3. The number of halogens is 1. The van der Waals surface area contributed by atoms with Crippen LogP contribution in [0.1, 0.15) is 23.2 Å². The van der Waals surface area contributed by atoms with Crippen LogP contribution in [0.3, 0.4) is 0 Å². The number of aromatic carboxylic acids is 1. The average Bonchev–Trinajstić information content (AvgIpc) is 2.84. The molecule has 5 nitrogen and oxygen atoms in total. The molecule has 3 N–H and O–H groups in total. The number of carboxylic acid groups (broad SMARTS) is 1. The van der Waals surface area contributed by atoms with Crippen LogP contribution >= 0.6 is 15.9 Å². The van der Waals surface area contributed by atoms with Crippen LogP contribution in [0.15, 0.2) is 34.8 Å². The molecule has 100 valence electrons. The topological polar surface area (TPSA) is 78.4 Å². The van der Waals surface area contributed by atoms with Crippen LogP contribution in [0.4, 0.5) is 10.5 Å². The van der Waals surface area contributed by atoms with Crippen molar-refractivity contribution in [3.63, 3.8) is 0 Å². The van der Waals surface area contributed by atoms with Crippen molar-refractivity contribution in [2.75, 3.05) is 5.32 Å². The molecular weight excluding hydrogens is 312 g/mol. The minimum atomic E-state index is -1.05. The maximum atomic E-state index is 11.7. The first-order valence-electron chi connectivity index (χ1n) is 5.81. The summed E-state index contributed by atoms with van der Waals surface area (Å²) >= 11 is 3.15. The zero-order valence-electron chi connectivity index (χ0n) is 10.0. The van der Waals surface area contributed by atoms with E-state index in [0.717, 1.165) is 12.8 Å². The number of carbonyl (C=O) groups excluding carboxylic acids is 1. The number of carbonyl (C=O) groups is 2. The summed E-state index contributed by atoms with van der Waals surface area (Å²) in [5.41, 5.74) is 0.560. The summed E-state index contributed by atoms with van der Waals surface area (Å²) in [5.74, 6) is -1.05. The summed E-state index contributed by atoms with van der Waals surface area (Å²) in [5, 5.41) is 14.4. The van der Waals surface area contributed by atoms with E-state index in [1.54, 1.807) is 12.1 Å². The van der Waals surface area contributed by atoms with E-state index >= 15 is 0 Å². The van der Waals surface area contributed by atoms with E-state index in [9.17, 15) is 9.59 Å². The fourth-order valence-electron chi connectivity index (χ4n) is 1.85. The van der Waals surface area contributed by atoms with Crippen LogP contribution in [-0.4, -0.2) is 23.1 Å². The summed E-state index contributed by atoms with van der Waals surface area (Å²) in [6.45, 7) is 0. The normalized spacial score (nSPS) is 14.4. The van der Waals surface area contributed by atoms with Crippen molar-refractivity contribution in [3.8, 4) is 0 Å². The Labute approximate surface area is 118 Å². The lowest BCUT2D eigenvalue weighted by atomic mass is 10.2. The number of hydrogen-bond donors (Lipinski definition) is 3. The van der Waals surface area contributed by atoms with E-state index in [1.807, 2.05) is 12.2 Å². The predicted octanol–water partition coefficient (Wildman–Crippen LogP) is 2.99. The first kappa shape index (κ1) is 13.6. The molecule has 6 heteroatoms. The number of benzene rings is 1. The van der Waals surface area contributed by atoms with Crippen LogP contribution in [0, 0.1) is 0 Å². The summed E-state index contributed by atoms with van der Waals surface area (Å²) in [4.78, 5) is 22.7. The second-order valence-corrected chi connectivity index (χ2v) is 5.09. The van der Waals surface area contributed by atoms with Crippen LogP contribution in [0.5, 0.6) is 0 Å². The van der Waals surface area contributed by atoms with E-state index < -0.39 is 5.97 Å². The molecule has 19 heavy (non-hydrogen) atoms. The van der Waals surface area contributed by atoms with Gasteiger partial charge in [-0.05, 0) is 47.0 Å². The van der Waals surface area contributed by atoms with Gasteiger partial charge in [0.2, 0.25) is 0 Å². The standard InChI is InChI=1S/C13H13BrN2O3/c14-11-6-5-9(7-10(11)12(17)18)16-13(19)15-8-3-1-2-4-8/h1-2,5-8H,3-4H2,(H,17,18)(H2,15,16,19). The Kier molecular flexibility index (Phi) is 4.21. The third-order valence-electron chi connectivity index (χ3n) is 2.80. The van der Waals surface area contributed by atoms with E-state index in [1.165, 1.54) is 6.07 Å². The molecule has 0 spiro atoms. The summed E-state index contributed by atoms with van der Waals surface area (Å²) in [6, 6.07) is 4.44. The number of anilines is 1. The second-order valence-electron chi connectivity index (χ2n) is 4.24. The van der Waals surface area contributed by atoms with Gasteiger partial charge in [-0.15, -0.1) is 0 Å². The minimum absolute atomic E-state index is 0.111. The molecule has 1 aliphatic carbocycles. The highest BCUT2D eigenvalue weighted by atomic mass is 79.9. The van der Waals surface area contributed by atoms with Crippen molar-refractivity contribution in [3.05, 3.63) is 40.4 Å². The summed E-state index contributed by atoms with van der Waals surface area (Å²) in [7, 11) is 0. The molecule has 0 unspecified atom stereocenters. The van der Waals surface area contributed by atoms with Gasteiger partial charge < -0.3 is 15.7 Å². The quantitative estimate of drug-likeness (QED) is 0.748. The Morgan fingerprint density at radius 2 is 1.95 bits per heavy atom. The first-order chi connectivity index (χ1) is 9.06. The number of carboxylic acids is 1. The van der Waals surface area contributed by atoms with E-state index in [-0.39, 0.29) is 17.6 Å². The molecule has 0 atom stereocenters. The average molecular weight is 325 g/mol. The van der Waals surface area contributed by atoms with Crippen molar-refractivity contribution in [2.24, 2.45) is 0 Å². The molecule has 2 amide bonds. The van der Waals surface area contributed by atoms with Gasteiger partial charge in [-0.1, -0.05) is 12.2 Å². The second kappa shape index (κ2) is 5.88. The third-order valence-corrected chi connectivity index (χ3v) is 3.49.